The van der Waals surface area contributed by atoms with Crippen molar-refractivity contribution in [2.45, 2.75) is 96.3 Å². The first-order valence-electron chi connectivity index (χ1n) is 21.2. The van der Waals surface area contributed by atoms with Crippen molar-refractivity contribution in [2.24, 2.45) is 5.73 Å². The van der Waals surface area contributed by atoms with Crippen molar-refractivity contribution in [3.63, 3.8) is 0 Å². The quantitative estimate of drug-likeness (QED) is 0.0384. The van der Waals surface area contributed by atoms with E-state index in [4.69, 9.17) is 10.5 Å². The van der Waals surface area contributed by atoms with Crippen LogP contribution in [0.15, 0.2) is 58.6 Å². The third-order valence-corrected chi connectivity index (χ3v) is 11.9. The molecule has 2 heterocycles. The number of aromatic amines is 1. The van der Waals surface area contributed by atoms with Gasteiger partial charge < -0.3 is 51.7 Å². The summed E-state index contributed by atoms with van der Waals surface area (Å²) in [4.78, 5) is 83.2. The molecule has 0 aliphatic carbocycles. The first-order chi connectivity index (χ1) is 30.5. The van der Waals surface area contributed by atoms with Crippen LogP contribution in [-0.2, 0) is 47.0 Å². The van der Waals surface area contributed by atoms with Crippen molar-refractivity contribution in [1.29, 1.82) is 0 Å². The van der Waals surface area contributed by atoms with Crippen LogP contribution in [0.2, 0.25) is 0 Å². The molecule has 0 radical (unpaired) electrons. The number of hydrogen-bond acceptors (Lipinski definition) is 12. The second-order valence-electron chi connectivity index (χ2n) is 15.3. The maximum absolute atomic E-state index is 13.8. The minimum Gasteiger partial charge on any atom is -0.480 e. The Hall–Kier alpha value is -6.16. The minimum atomic E-state index is -4.33. The number of fused-ring (bicyclic) bond motifs is 1. The molecule has 4 amide bonds. The van der Waals surface area contributed by atoms with Crippen LogP contribution in [0.1, 0.15) is 78.1 Å². The van der Waals surface area contributed by atoms with E-state index in [0.29, 0.717) is 81.1 Å². The van der Waals surface area contributed by atoms with Crippen LogP contribution in [-0.4, -0.2) is 109 Å². The highest BCUT2D eigenvalue weighted by atomic mass is 32.2. The number of rotatable bonds is 27. The van der Waals surface area contributed by atoms with Crippen molar-refractivity contribution in [3.05, 3.63) is 87.0 Å². The summed E-state index contributed by atoms with van der Waals surface area (Å²) in [6, 6.07) is 6.15. The van der Waals surface area contributed by atoms with Crippen LogP contribution in [0.25, 0.3) is 10.9 Å². The Morgan fingerprint density at radius 1 is 0.906 bits per heavy atom. The van der Waals surface area contributed by atoms with E-state index < -0.39 is 46.0 Å². The van der Waals surface area contributed by atoms with Crippen molar-refractivity contribution in [3.8, 4) is 0 Å². The number of amides is 4. The molecule has 0 unspecified atom stereocenters. The van der Waals surface area contributed by atoms with Gasteiger partial charge in [0.05, 0.1) is 16.5 Å². The number of benzene rings is 2. The summed E-state index contributed by atoms with van der Waals surface area (Å²) in [7, 11) is -4.33. The number of nitrogens with one attached hydrogen (secondary N) is 7. The van der Waals surface area contributed by atoms with Gasteiger partial charge in [-0.15, -0.1) is 0 Å². The van der Waals surface area contributed by atoms with E-state index >= 15 is 0 Å². The third-order valence-electron chi connectivity index (χ3n) is 10.1. The number of aliphatic carboxylic acids is 1. The predicted molar refractivity (Wildman–Crippen MR) is 240 cm³/mol. The molecular weight excluding hydrogens is 849 g/mol. The maximum atomic E-state index is 13.8. The molecule has 0 bridgehead atoms. The molecule has 2 atom stereocenters. The van der Waals surface area contributed by atoms with Crippen LogP contribution >= 0.6 is 0 Å². The molecular formula is C43H60N10O10S. The fraction of sp³-hybridized carbons (Fsp3) is 0.465. The molecule has 4 rings (SSSR count). The number of imidazole rings is 1. The third kappa shape index (κ3) is 15.3. The van der Waals surface area contributed by atoms with E-state index in [1.54, 1.807) is 61.1 Å². The average molecular weight is 909 g/mol. The number of pyridine rings is 1. The van der Waals surface area contributed by atoms with E-state index in [2.05, 4.69) is 41.3 Å². The molecule has 21 heteroatoms. The van der Waals surface area contributed by atoms with Crippen molar-refractivity contribution in [1.82, 2.24) is 40.5 Å². The Bertz CT molecular complexity index is 2400. The molecule has 0 saturated carbocycles. The van der Waals surface area contributed by atoms with Gasteiger partial charge in [-0.1, -0.05) is 30.7 Å². The van der Waals surface area contributed by atoms with Gasteiger partial charge in [0.25, 0.3) is 5.91 Å². The largest absolute Gasteiger partial charge is 0.480 e. The van der Waals surface area contributed by atoms with Crippen molar-refractivity contribution in [2.75, 3.05) is 44.7 Å². The zero-order valence-electron chi connectivity index (χ0n) is 36.7. The number of hydrogen-bond donors (Lipinski definition) is 9. The number of carbonyl (C=O) groups is 5. The highest BCUT2D eigenvalue weighted by Gasteiger charge is 2.29. The van der Waals surface area contributed by atoms with Crippen LogP contribution in [0.5, 0.6) is 0 Å². The van der Waals surface area contributed by atoms with Crippen LogP contribution < -0.4 is 42.5 Å². The first kappa shape index (κ1) is 50.5. The molecule has 0 aliphatic heterocycles. The number of nitrogens with zero attached hydrogens (tertiary/aromatic N) is 2. The molecule has 0 saturated heterocycles. The summed E-state index contributed by atoms with van der Waals surface area (Å²) in [6.07, 6.45) is 6.71. The number of aryl methyl sites for hydroxylation is 4. The van der Waals surface area contributed by atoms with Gasteiger partial charge in [-0.3, -0.25) is 28.8 Å². The monoisotopic (exact) mass is 908 g/mol. The number of ether oxygens (including phenoxy) is 1. The second-order valence-corrected chi connectivity index (χ2v) is 17.0. The molecule has 2 aromatic carbocycles. The summed E-state index contributed by atoms with van der Waals surface area (Å²) in [5.74, 6) is -2.71. The number of H-pyrrole nitrogens is 1. The highest BCUT2D eigenvalue weighted by molar-refractivity contribution is 7.89. The van der Waals surface area contributed by atoms with E-state index in [9.17, 15) is 42.3 Å². The van der Waals surface area contributed by atoms with Gasteiger partial charge in [-0.2, -0.15) is 4.72 Å². The maximum Gasteiger partial charge on any atom is 0.323 e. The Morgan fingerprint density at radius 2 is 1.55 bits per heavy atom. The molecule has 64 heavy (non-hydrogen) atoms. The molecule has 0 spiro atoms. The lowest BCUT2D eigenvalue weighted by Crippen LogP contribution is -2.49. The number of carbonyl (C=O) groups excluding carboxylic acids is 4. The van der Waals surface area contributed by atoms with Crippen LogP contribution in [0.4, 0.5) is 5.95 Å². The Balaban J connectivity index is 1.33. The highest BCUT2D eigenvalue weighted by Crippen LogP contribution is 2.22. The molecule has 348 valence electrons. The van der Waals surface area contributed by atoms with Gasteiger partial charge in [-0.05, 0) is 75.3 Å². The van der Waals surface area contributed by atoms with E-state index in [0.717, 1.165) is 11.1 Å². The smallest absolute Gasteiger partial charge is 0.323 e. The molecule has 4 aromatic rings. The van der Waals surface area contributed by atoms with Gasteiger partial charge in [0.1, 0.15) is 11.6 Å². The summed E-state index contributed by atoms with van der Waals surface area (Å²) in [5, 5.41) is 24.0. The zero-order valence-corrected chi connectivity index (χ0v) is 37.5. The fourth-order valence-electron chi connectivity index (χ4n) is 6.83. The number of sulfonamides is 1. The van der Waals surface area contributed by atoms with E-state index in [-0.39, 0.29) is 59.5 Å². The number of carboxylic acids is 1. The topological polar surface area (TPSA) is 298 Å². The summed E-state index contributed by atoms with van der Waals surface area (Å²) in [6.45, 7) is 8.71. The average Bonchev–Trinajstić information content (AvgIpc) is 3.78. The summed E-state index contributed by atoms with van der Waals surface area (Å²) < 4.78 is 36.1. The SMILES string of the molecule is CC[C@H](N)C(=O)NCCCOCCCNC(=O)CCC(=O)NCCCn1cc(C(=O)NC[C@H](NS(=O)(=O)c2c(C)cc(C)cc2C)C(=O)O)c(=O)c2ccc(CNc3ncc[nH]3)cc21. The Labute approximate surface area is 371 Å². The van der Waals surface area contributed by atoms with Gasteiger partial charge in [-0.25, -0.2) is 13.4 Å². The molecule has 20 nitrogen and oxygen atoms in total. The predicted octanol–water partition coefficient (Wildman–Crippen LogP) is 1.48. The summed E-state index contributed by atoms with van der Waals surface area (Å²) in [5.41, 5.74) is 7.73. The lowest BCUT2D eigenvalue weighted by Gasteiger charge is -2.19. The molecule has 10 N–H and O–H groups in total. The number of aromatic nitrogens is 3. The van der Waals surface area contributed by atoms with Gasteiger partial charge in [0.15, 0.2) is 5.95 Å². The standard InChI is InChI=1S/C43H60N10O10S/c1-5-33(44)41(58)47-15-8-20-63-19-7-14-46-37(55)12-11-36(54)45-13-6-18-53-26-32(38(56)31-10-9-30(23-35(31)53)24-51-43-48-16-17-49-43)40(57)50-25-34(42(59)60)52-64(61,62)39-28(3)21-27(2)22-29(39)4/h9-10,16-17,21-23,26,33-34,52H,5-8,11-15,18-20,24-25,44H2,1-4H3,(H,45,54)(H,46,55)(H,47,58)(H,50,57)(H,59,60)(H2,48,49,51)/t33-,34-/m0/s1. The number of carboxylic acid groups (broad SMARTS) is 1. The summed E-state index contributed by atoms with van der Waals surface area (Å²) >= 11 is 0. The van der Waals surface area contributed by atoms with E-state index in [1.165, 1.54) is 6.20 Å². The number of nitrogens with two attached hydrogens (primary N) is 1. The molecule has 0 fully saturated rings. The first-order valence-corrected chi connectivity index (χ1v) is 22.6. The van der Waals surface area contributed by atoms with Crippen LogP contribution in [0, 0.1) is 20.8 Å². The zero-order chi connectivity index (χ0) is 46.8. The second kappa shape index (κ2) is 24.6. The van der Waals surface area contributed by atoms with Gasteiger partial charge in [0, 0.05) is 89.3 Å². The van der Waals surface area contributed by atoms with Crippen molar-refractivity contribution >= 4 is 56.5 Å². The number of anilines is 1. The fourth-order valence-corrected chi connectivity index (χ4v) is 8.48. The van der Waals surface area contributed by atoms with Gasteiger partial charge in [0.2, 0.25) is 33.2 Å². The lowest BCUT2D eigenvalue weighted by molar-refractivity contribution is -0.138. The Kier molecular flexibility index (Phi) is 19.4. The van der Waals surface area contributed by atoms with Crippen molar-refractivity contribution < 1.29 is 42.2 Å². The Morgan fingerprint density at radius 3 is 2.16 bits per heavy atom. The van der Waals surface area contributed by atoms with Gasteiger partial charge >= 0.3 is 5.97 Å². The molecule has 0 aliphatic rings. The lowest BCUT2D eigenvalue weighted by atomic mass is 10.1. The van der Waals surface area contributed by atoms with E-state index in [1.807, 2.05) is 13.8 Å². The molecule has 2 aromatic heterocycles. The van der Waals surface area contributed by atoms with Crippen LogP contribution in [0.3, 0.4) is 0 Å². The normalized spacial score (nSPS) is 12.3. The minimum absolute atomic E-state index is 0.0145.